The predicted molar refractivity (Wildman–Crippen MR) is 164 cm³/mol. The number of benzene rings is 2. The summed E-state index contributed by atoms with van der Waals surface area (Å²) in [4.78, 5) is 18.6. The van der Waals surface area contributed by atoms with Crippen molar-refractivity contribution in [3.63, 3.8) is 0 Å². The number of aromatic hydroxyl groups is 1. The van der Waals surface area contributed by atoms with Crippen LogP contribution in [0.15, 0.2) is 36.5 Å². The van der Waals surface area contributed by atoms with Gasteiger partial charge in [-0.1, -0.05) is 18.1 Å². The number of phenolic OH excluding ortho intramolecular Hbond substituents is 1. The van der Waals surface area contributed by atoms with E-state index in [9.17, 15) is 5.11 Å². The molecule has 3 fully saturated rings. The summed E-state index contributed by atoms with van der Waals surface area (Å²) < 4.78 is 22.9. The van der Waals surface area contributed by atoms with Crippen LogP contribution in [0.5, 0.6) is 11.8 Å². The Morgan fingerprint density at radius 2 is 1.88 bits per heavy atom. The zero-order valence-electron chi connectivity index (χ0n) is 24.2. The molecule has 4 aromatic rings. The Morgan fingerprint density at radius 3 is 2.60 bits per heavy atom. The van der Waals surface area contributed by atoms with Gasteiger partial charge in [0.15, 0.2) is 5.82 Å². The summed E-state index contributed by atoms with van der Waals surface area (Å²) in [5.41, 5.74) is 1.24. The molecule has 2 aromatic carbocycles. The second kappa shape index (κ2) is 12.0. The maximum absolute atomic E-state index is 16.6. The summed E-state index contributed by atoms with van der Waals surface area (Å²) >= 11 is 0. The Hall–Kier alpha value is -4.51. The van der Waals surface area contributed by atoms with E-state index < -0.39 is 5.82 Å². The minimum absolute atomic E-state index is 0.00289. The minimum atomic E-state index is -0.596. The number of halogens is 1. The number of piperazine rings is 1. The van der Waals surface area contributed by atoms with E-state index in [0.717, 1.165) is 65.0 Å². The van der Waals surface area contributed by atoms with Crippen LogP contribution in [0.4, 0.5) is 10.2 Å². The SMILES string of the molecule is C#Cc1cccc2cc(O)cc(-c3ncc4c(N5CCNCC5)nc(OCC56CCCN5CCC6)nc4c3F)c12.CC#N. The second-order valence-electron chi connectivity index (χ2n) is 11.2. The van der Waals surface area contributed by atoms with Crippen LogP contribution in [-0.4, -0.2) is 76.4 Å². The van der Waals surface area contributed by atoms with Gasteiger partial charge < -0.3 is 20.1 Å². The number of aromatic nitrogens is 3. The van der Waals surface area contributed by atoms with Crippen molar-refractivity contribution in [1.82, 2.24) is 25.2 Å². The molecule has 43 heavy (non-hydrogen) atoms. The quantitative estimate of drug-likeness (QED) is 0.327. The molecule has 220 valence electrons. The standard InChI is InChI=1S/C31H31FN6O2.C2H3N/c1-2-20-6-3-7-21-16-22(39)17-23(25(20)21)27-26(32)28-24(18-34-27)29(37-14-10-33-11-15-37)36-30(35-28)40-19-31-8-4-12-38(31)13-5-9-31;1-2-3/h1,3,6-7,16-18,33,39H,4-5,8-15,19H2;1H3. The third-order valence-electron chi connectivity index (χ3n) is 8.71. The van der Waals surface area contributed by atoms with Crippen LogP contribution < -0.4 is 15.0 Å². The molecule has 0 aliphatic carbocycles. The van der Waals surface area contributed by atoms with Crippen molar-refractivity contribution in [2.24, 2.45) is 0 Å². The van der Waals surface area contributed by atoms with Gasteiger partial charge in [0.05, 0.1) is 17.0 Å². The van der Waals surface area contributed by atoms with Crippen molar-refractivity contribution in [1.29, 1.82) is 5.26 Å². The number of pyridine rings is 1. The molecule has 5 heterocycles. The van der Waals surface area contributed by atoms with Gasteiger partial charge in [-0.25, -0.2) is 4.39 Å². The molecule has 0 radical (unpaired) electrons. The molecule has 0 unspecified atom stereocenters. The molecule has 0 saturated carbocycles. The lowest BCUT2D eigenvalue weighted by atomic mass is 9.95. The number of nitrogens with one attached hydrogen (secondary N) is 1. The van der Waals surface area contributed by atoms with Gasteiger partial charge in [-0.15, -0.1) is 6.42 Å². The van der Waals surface area contributed by atoms with Crippen LogP contribution in [0, 0.1) is 29.5 Å². The largest absolute Gasteiger partial charge is 0.508 e. The van der Waals surface area contributed by atoms with Crippen molar-refractivity contribution in [3.8, 4) is 41.4 Å². The fourth-order valence-electron chi connectivity index (χ4n) is 6.77. The molecule has 3 aliphatic heterocycles. The van der Waals surface area contributed by atoms with Crippen LogP contribution in [0.2, 0.25) is 0 Å². The molecule has 2 N–H and O–H groups in total. The number of anilines is 1. The van der Waals surface area contributed by atoms with Crippen molar-refractivity contribution >= 4 is 27.5 Å². The van der Waals surface area contributed by atoms with E-state index in [1.807, 2.05) is 12.1 Å². The van der Waals surface area contributed by atoms with Crippen LogP contribution in [0.1, 0.15) is 38.2 Å². The lowest BCUT2D eigenvalue weighted by molar-refractivity contribution is 0.108. The number of fused-ring (bicyclic) bond motifs is 3. The fourth-order valence-corrected chi connectivity index (χ4v) is 6.77. The Morgan fingerprint density at radius 1 is 1.14 bits per heavy atom. The monoisotopic (exact) mass is 579 g/mol. The number of ether oxygens (including phenoxy) is 1. The highest BCUT2D eigenvalue weighted by Gasteiger charge is 2.45. The summed E-state index contributed by atoms with van der Waals surface area (Å²) in [6, 6.07) is 10.5. The number of hydrogen-bond acceptors (Lipinski definition) is 9. The average molecular weight is 580 g/mol. The molecule has 9 nitrogen and oxygen atoms in total. The van der Waals surface area contributed by atoms with E-state index in [0.29, 0.717) is 39.7 Å². The van der Waals surface area contributed by atoms with E-state index >= 15 is 4.39 Å². The average Bonchev–Trinajstić information content (AvgIpc) is 3.61. The van der Waals surface area contributed by atoms with Crippen molar-refractivity contribution < 1.29 is 14.2 Å². The third-order valence-corrected chi connectivity index (χ3v) is 8.71. The molecule has 3 saturated heterocycles. The van der Waals surface area contributed by atoms with Crippen LogP contribution in [0.25, 0.3) is 32.9 Å². The molecular formula is C33H34FN7O2. The number of terminal acetylenes is 1. The maximum Gasteiger partial charge on any atom is 0.319 e. The number of phenols is 1. The Kier molecular flexibility index (Phi) is 7.98. The van der Waals surface area contributed by atoms with E-state index in [4.69, 9.17) is 21.4 Å². The van der Waals surface area contributed by atoms with Gasteiger partial charge in [0.25, 0.3) is 0 Å². The Labute approximate surface area is 250 Å². The molecular weight excluding hydrogens is 545 g/mol. The molecule has 7 rings (SSSR count). The van der Waals surface area contributed by atoms with E-state index in [1.165, 1.54) is 13.0 Å². The molecule has 0 spiro atoms. The summed E-state index contributed by atoms with van der Waals surface area (Å²) in [5.74, 6) is 2.71. The number of rotatable bonds is 5. The van der Waals surface area contributed by atoms with Gasteiger partial charge in [0.1, 0.15) is 29.4 Å². The predicted octanol–water partition coefficient (Wildman–Crippen LogP) is 4.62. The van der Waals surface area contributed by atoms with Crippen LogP contribution in [0.3, 0.4) is 0 Å². The first-order chi connectivity index (χ1) is 21.0. The van der Waals surface area contributed by atoms with Crippen molar-refractivity contribution in [3.05, 3.63) is 47.9 Å². The normalized spacial score (nSPS) is 17.6. The van der Waals surface area contributed by atoms with E-state index in [2.05, 4.69) is 31.0 Å². The number of nitriles is 1. The first-order valence-electron chi connectivity index (χ1n) is 14.7. The van der Waals surface area contributed by atoms with Gasteiger partial charge in [0.2, 0.25) is 0 Å². The summed E-state index contributed by atoms with van der Waals surface area (Å²) in [6.45, 7) is 7.17. The lowest BCUT2D eigenvalue weighted by Crippen LogP contribution is -2.44. The van der Waals surface area contributed by atoms with Gasteiger partial charge in [-0.05, 0) is 62.4 Å². The summed E-state index contributed by atoms with van der Waals surface area (Å²) in [5, 5.41) is 23.0. The topological polar surface area (TPSA) is 110 Å². The second-order valence-corrected chi connectivity index (χ2v) is 11.2. The van der Waals surface area contributed by atoms with Crippen LogP contribution in [-0.2, 0) is 0 Å². The number of nitrogens with zero attached hydrogens (tertiary/aromatic N) is 6. The highest BCUT2D eigenvalue weighted by Crippen LogP contribution is 2.40. The third kappa shape index (κ3) is 5.29. The molecule has 0 atom stereocenters. The summed E-state index contributed by atoms with van der Waals surface area (Å²) in [7, 11) is 0. The van der Waals surface area contributed by atoms with Gasteiger partial charge in [0, 0.05) is 55.8 Å². The summed E-state index contributed by atoms with van der Waals surface area (Å²) in [6.07, 6.45) is 11.9. The van der Waals surface area contributed by atoms with Crippen LogP contribution >= 0.6 is 0 Å². The van der Waals surface area contributed by atoms with E-state index in [-0.39, 0.29) is 28.5 Å². The first-order valence-corrected chi connectivity index (χ1v) is 14.7. The zero-order chi connectivity index (χ0) is 30.0. The Bertz CT molecular complexity index is 1750. The molecule has 0 amide bonds. The van der Waals surface area contributed by atoms with Crippen molar-refractivity contribution in [2.45, 2.75) is 38.1 Å². The minimum Gasteiger partial charge on any atom is -0.508 e. The van der Waals surface area contributed by atoms with Gasteiger partial charge >= 0.3 is 6.01 Å². The smallest absolute Gasteiger partial charge is 0.319 e. The van der Waals surface area contributed by atoms with Gasteiger partial charge in [-0.3, -0.25) is 9.88 Å². The first kappa shape index (κ1) is 28.6. The zero-order valence-corrected chi connectivity index (χ0v) is 24.2. The Balaban J connectivity index is 0.00000105. The molecule has 0 bridgehead atoms. The fraction of sp³-hybridized carbons (Fsp3) is 0.394. The highest BCUT2D eigenvalue weighted by molar-refractivity contribution is 6.02. The van der Waals surface area contributed by atoms with Gasteiger partial charge in [-0.2, -0.15) is 15.2 Å². The van der Waals surface area contributed by atoms with Crippen molar-refractivity contribution in [2.75, 3.05) is 50.8 Å². The molecule has 3 aliphatic rings. The molecule has 10 heteroatoms. The van der Waals surface area contributed by atoms with E-state index in [1.54, 1.807) is 24.4 Å². The maximum atomic E-state index is 16.6. The number of hydrogen-bond donors (Lipinski definition) is 2. The highest BCUT2D eigenvalue weighted by atomic mass is 19.1. The lowest BCUT2D eigenvalue weighted by Gasteiger charge is -2.32. The molecule has 2 aromatic heterocycles.